The van der Waals surface area contributed by atoms with Gasteiger partial charge in [0, 0.05) is 12.7 Å². The summed E-state index contributed by atoms with van der Waals surface area (Å²) in [4.78, 5) is 30.6. The van der Waals surface area contributed by atoms with E-state index in [1.165, 1.54) is 12.0 Å². The largest absolute Gasteiger partial charge is 0.495 e. The predicted molar refractivity (Wildman–Crippen MR) is 128 cm³/mol. The highest BCUT2D eigenvalue weighted by atomic mass is 16.5. The summed E-state index contributed by atoms with van der Waals surface area (Å²) < 4.78 is 5.49. The zero-order chi connectivity index (χ0) is 23.0. The Morgan fingerprint density at radius 2 is 1.53 bits per heavy atom. The highest BCUT2D eigenvalue weighted by molar-refractivity contribution is 6.46. The zero-order valence-electron chi connectivity index (χ0n) is 19.0. The molecule has 32 heavy (non-hydrogen) atoms. The fourth-order valence-electron chi connectivity index (χ4n) is 3.96. The van der Waals surface area contributed by atoms with Crippen molar-refractivity contribution in [2.24, 2.45) is 0 Å². The second-order valence-corrected chi connectivity index (χ2v) is 8.04. The van der Waals surface area contributed by atoms with Gasteiger partial charge in [0.15, 0.2) is 0 Å². The van der Waals surface area contributed by atoms with E-state index in [2.05, 4.69) is 0 Å². The van der Waals surface area contributed by atoms with Gasteiger partial charge in [-0.2, -0.15) is 0 Å². The van der Waals surface area contributed by atoms with Gasteiger partial charge in [0.25, 0.3) is 11.8 Å². The number of carbonyl (C=O) groups excluding carboxylic acids is 2. The minimum absolute atomic E-state index is 0.341. The molecule has 5 heteroatoms. The minimum Gasteiger partial charge on any atom is -0.495 e. The topological polar surface area (TPSA) is 49.9 Å². The van der Waals surface area contributed by atoms with E-state index in [0.29, 0.717) is 22.7 Å². The number of hydrogen-bond donors (Lipinski definition) is 0. The molecule has 3 aromatic rings. The van der Waals surface area contributed by atoms with Gasteiger partial charge in [-0.3, -0.25) is 9.59 Å². The molecule has 0 unspecified atom stereocenters. The van der Waals surface area contributed by atoms with Crippen LogP contribution in [0.25, 0.3) is 5.57 Å². The lowest BCUT2D eigenvalue weighted by molar-refractivity contribution is -0.120. The summed E-state index contributed by atoms with van der Waals surface area (Å²) in [7, 11) is 3.35. The number of rotatable bonds is 5. The number of ether oxygens (including phenoxy) is 1. The van der Waals surface area contributed by atoms with Crippen molar-refractivity contribution in [3.63, 3.8) is 0 Å². The summed E-state index contributed by atoms with van der Waals surface area (Å²) in [5.74, 6) is -0.265. The molecule has 0 fully saturated rings. The fourth-order valence-corrected chi connectivity index (χ4v) is 3.96. The lowest BCUT2D eigenvalue weighted by atomic mass is 9.99. The molecule has 0 aliphatic carbocycles. The first-order valence-corrected chi connectivity index (χ1v) is 10.5. The third-order valence-corrected chi connectivity index (χ3v) is 5.91. The SMILES string of the molecule is COc1ccc(C)cc1N1C(=O)C(c2ccc(C)c(C)c2)=C(N(C)c2ccccc2)C1=O. The van der Waals surface area contributed by atoms with Gasteiger partial charge in [-0.25, -0.2) is 4.90 Å². The van der Waals surface area contributed by atoms with Crippen LogP contribution < -0.4 is 14.5 Å². The quantitative estimate of drug-likeness (QED) is 0.536. The molecule has 0 saturated heterocycles. The van der Waals surface area contributed by atoms with Gasteiger partial charge >= 0.3 is 0 Å². The average molecular weight is 427 g/mol. The summed E-state index contributed by atoms with van der Waals surface area (Å²) in [5.41, 5.74) is 5.83. The van der Waals surface area contributed by atoms with Crippen molar-refractivity contribution in [3.8, 4) is 5.75 Å². The fraction of sp³-hybridized carbons (Fsp3) is 0.185. The first-order valence-electron chi connectivity index (χ1n) is 10.5. The van der Waals surface area contributed by atoms with Crippen LogP contribution in [0, 0.1) is 20.8 Å². The van der Waals surface area contributed by atoms with Gasteiger partial charge in [0.2, 0.25) is 0 Å². The van der Waals surface area contributed by atoms with Crippen LogP contribution in [-0.4, -0.2) is 26.0 Å². The zero-order valence-corrected chi connectivity index (χ0v) is 19.0. The number of benzene rings is 3. The second-order valence-electron chi connectivity index (χ2n) is 8.04. The van der Waals surface area contributed by atoms with Crippen molar-refractivity contribution >= 4 is 28.8 Å². The summed E-state index contributed by atoms with van der Waals surface area (Å²) in [5, 5.41) is 0. The highest BCUT2D eigenvalue weighted by Gasteiger charge is 2.43. The minimum atomic E-state index is -0.376. The maximum absolute atomic E-state index is 13.8. The number of anilines is 2. The summed E-state index contributed by atoms with van der Waals surface area (Å²) in [6, 6.07) is 20.9. The van der Waals surface area contributed by atoms with Crippen LogP contribution >= 0.6 is 0 Å². The van der Waals surface area contributed by atoms with E-state index in [4.69, 9.17) is 4.74 Å². The van der Waals surface area contributed by atoms with E-state index in [-0.39, 0.29) is 11.8 Å². The number of methoxy groups -OCH3 is 1. The third-order valence-electron chi connectivity index (χ3n) is 5.91. The summed E-state index contributed by atoms with van der Waals surface area (Å²) >= 11 is 0. The van der Waals surface area contributed by atoms with Crippen LogP contribution in [-0.2, 0) is 9.59 Å². The van der Waals surface area contributed by atoms with Gasteiger partial charge in [-0.05, 0) is 67.3 Å². The van der Waals surface area contributed by atoms with E-state index < -0.39 is 0 Å². The predicted octanol–water partition coefficient (Wildman–Crippen LogP) is 5.04. The normalized spacial score (nSPS) is 13.7. The first kappa shape index (κ1) is 21.4. The van der Waals surface area contributed by atoms with Crippen molar-refractivity contribution in [1.82, 2.24) is 0 Å². The molecular formula is C27H26N2O3. The van der Waals surface area contributed by atoms with Crippen molar-refractivity contribution in [1.29, 1.82) is 0 Å². The van der Waals surface area contributed by atoms with Crippen LogP contribution in [0.5, 0.6) is 5.75 Å². The van der Waals surface area contributed by atoms with E-state index >= 15 is 0 Å². The third kappa shape index (κ3) is 3.56. The summed E-state index contributed by atoms with van der Waals surface area (Å²) in [6.07, 6.45) is 0. The smallest absolute Gasteiger partial charge is 0.282 e. The average Bonchev–Trinajstić information content (AvgIpc) is 3.05. The van der Waals surface area contributed by atoms with Crippen LogP contribution in [0.3, 0.4) is 0 Å². The second kappa shape index (κ2) is 8.35. The molecule has 3 aromatic carbocycles. The van der Waals surface area contributed by atoms with Gasteiger partial charge in [0.1, 0.15) is 11.4 Å². The molecule has 0 bridgehead atoms. The van der Waals surface area contributed by atoms with Gasteiger partial charge < -0.3 is 9.64 Å². The van der Waals surface area contributed by atoms with Gasteiger partial charge in [-0.15, -0.1) is 0 Å². The molecule has 1 heterocycles. The highest BCUT2D eigenvalue weighted by Crippen LogP contribution is 2.40. The Hall–Kier alpha value is -3.86. The molecule has 1 aliphatic rings. The van der Waals surface area contributed by atoms with Crippen LogP contribution in [0.4, 0.5) is 11.4 Å². The number of likely N-dealkylation sites (N-methyl/N-ethyl adjacent to an activating group) is 1. The number of carbonyl (C=O) groups is 2. The Kier molecular flexibility index (Phi) is 5.57. The van der Waals surface area contributed by atoms with Crippen LogP contribution in [0.15, 0.2) is 72.4 Å². The number of hydrogen-bond acceptors (Lipinski definition) is 4. The molecule has 0 N–H and O–H groups in total. The Balaban J connectivity index is 1.93. The molecule has 4 rings (SSSR count). The number of imide groups is 1. The van der Waals surface area contributed by atoms with Gasteiger partial charge in [-0.1, -0.05) is 42.5 Å². The molecule has 1 aliphatic heterocycles. The maximum Gasteiger partial charge on any atom is 0.282 e. The van der Waals surface area contributed by atoms with Crippen LogP contribution in [0.2, 0.25) is 0 Å². The van der Waals surface area contributed by atoms with E-state index in [1.54, 1.807) is 17.0 Å². The van der Waals surface area contributed by atoms with Crippen LogP contribution in [0.1, 0.15) is 22.3 Å². The molecule has 5 nitrogen and oxygen atoms in total. The Morgan fingerprint density at radius 1 is 0.812 bits per heavy atom. The number of aryl methyl sites for hydroxylation is 3. The molecule has 0 radical (unpaired) electrons. The molecule has 0 atom stereocenters. The van der Waals surface area contributed by atoms with E-state index in [0.717, 1.165) is 27.9 Å². The molecule has 0 spiro atoms. The molecule has 162 valence electrons. The molecule has 0 saturated carbocycles. The maximum atomic E-state index is 13.8. The molecule has 2 amide bonds. The van der Waals surface area contributed by atoms with E-state index in [1.807, 2.05) is 82.4 Å². The summed E-state index contributed by atoms with van der Waals surface area (Å²) in [6.45, 7) is 5.95. The van der Waals surface area contributed by atoms with Crippen molar-refractivity contribution < 1.29 is 14.3 Å². The van der Waals surface area contributed by atoms with Gasteiger partial charge in [0.05, 0.1) is 18.4 Å². The number of para-hydroxylation sites is 1. The monoisotopic (exact) mass is 426 g/mol. The molecule has 0 aromatic heterocycles. The first-order chi connectivity index (χ1) is 15.3. The number of nitrogens with zero attached hydrogens (tertiary/aromatic N) is 2. The Bertz CT molecular complexity index is 1250. The Morgan fingerprint density at radius 3 is 2.19 bits per heavy atom. The van der Waals surface area contributed by atoms with Crippen molar-refractivity contribution in [3.05, 3.63) is 94.7 Å². The van der Waals surface area contributed by atoms with E-state index in [9.17, 15) is 9.59 Å². The number of amides is 2. The molecular weight excluding hydrogens is 400 g/mol. The van der Waals surface area contributed by atoms with Crippen molar-refractivity contribution in [2.45, 2.75) is 20.8 Å². The lowest BCUT2D eigenvalue weighted by Crippen LogP contribution is -2.34. The lowest BCUT2D eigenvalue weighted by Gasteiger charge is -2.22. The standard InChI is InChI=1S/C27H26N2O3/c1-17-11-14-23(32-5)22(15-17)29-26(30)24(20-13-12-18(2)19(3)16-20)25(27(29)31)28(4)21-9-7-6-8-10-21/h6-16H,1-5H3. The Labute approximate surface area is 188 Å². The van der Waals surface area contributed by atoms with Crippen molar-refractivity contribution in [2.75, 3.05) is 24.0 Å².